The Morgan fingerprint density at radius 2 is 1.82 bits per heavy atom. The summed E-state index contributed by atoms with van der Waals surface area (Å²) in [6, 6.07) is 9.72. The number of Topliss-reactive ketones (excluding diaryl/α,β-unsaturated/α-hetero) is 1. The molecule has 0 bridgehead atoms. The number of likely N-dealkylation sites (N-methyl/N-ethyl adjacent to an activating group) is 1. The van der Waals surface area contributed by atoms with Crippen molar-refractivity contribution in [2.45, 2.75) is 31.7 Å². The highest BCUT2D eigenvalue weighted by Crippen LogP contribution is 2.42. The maximum Gasteiger partial charge on any atom is 0.295 e. The number of phenolic OH excluding ortho intramolecular Hbond substituents is 1. The van der Waals surface area contributed by atoms with Crippen LogP contribution >= 0.6 is 0 Å². The van der Waals surface area contributed by atoms with Crippen LogP contribution in [0.25, 0.3) is 5.76 Å². The number of amides is 1. The zero-order valence-electron chi connectivity index (χ0n) is 19.3. The van der Waals surface area contributed by atoms with Gasteiger partial charge in [0.05, 0.1) is 18.7 Å². The van der Waals surface area contributed by atoms with E-state index in [1.807, 2.05) is 37.2 Å². The standard InChI is InChI=1S/C26H30N2O5/c1-27(2)12-13-28-23(18-10-11-21(33-3)20(29)15-18)22(25(31)26(28)32)24(30)19-9-8-16-6-4-5-7-17(16)14-19/h8-11,14-15,23,29-30H,4-7,12-13H2,1-3H3/b24-22-. The van der Waals surface area contributed by atoms with Crippen LogP contribution in [-0.2, 0) is 22.4 Å². The fourth-order valence-corrected chi connectivity index (χ4v) is 4.68. The van der Waals surface area contributed by atoms with E-state index < -0.39 is 17.7 Å². The van der Waals surface area contributed by atoms with Gasteiger partial charge < -0.3 is 24.7 Å². The summed E-state index contributed by atoms with van der Waals surface area (Å²) in [7, 11) is 5.23. The number of rotatable bonds is 6. The van der Waals surface area contributed by atoms with Crippen LogP contribution in [0.1, 0.15) is 41.1 Å². The number of carbonyl (C=O) groups excluding carboxylic acids is 2. The minimum Gasteiger partial charge on any atom is -0.507 e. The number of aromatic hydroxyl groups is 1. The molecule has 33 heavy (non-hydrogen) atoms. The number of nitrogens with zero attached hydrogens (tertiary/aromatic N) is 2. The first-order chi connectivity index (χ1) is 15.8. The number of likely N-dealkylation sites (tertiary alicyclic amines) is 1. The Morgan fingerprint density at radius 1 is 1.09 bits per heavy atom. The van der Waals surface area contributed by atoms with E-state index in [0.717, 1.165) is 25.7 Å². The third kappa shape index (κ3) is 4.33. The van der Waals surface area contributed by atoms with Crippen LogP contribution in [0.4, 0.5) is 0 Å². The fraction of sp³-hybridized carbons (Fsp3) is 0.385. The van der Waals surface area contributed by atoms with Crippen LogP contribution in [-0.4, -0.2) is 66.0 Å². The highest BCUT2D eigenvalue weighted by molar-refractivity contribution is 6.46. The molecule has 1 saturated heterocycles. The van der Waals surface area contributed by atoms with Crippen molar-refractivity contribution in [2.24, 2.45) is 0 Å². The molecule has 1 amide bonds. The van der Waals surface area contributed by atoms with Crippen LogP contribution in [0.15, 0.2) is 42.0 Å². The molecule has 1 aliphatic heterocycles. The van der Waals surface area contributed by atoms with E-state index >= 15 is 0 Å². The molecular formula is C26H30N2O5. The van der Waals surface area contributed by atoms with Crippen molar-refractivity contribution in [3.8, 4) is 11.5 Å². The maximum atomic E-state index is 13.1. The van der Waals surface area contributed by atoms with Crippen molar-refractivity contribution < 1.29 is 24.5 Å². The predicted octanol–water partition coefficient (Wildman–Crippen LogP) is 3.26. The summed E-state index contributed by atoms with van der Waals surface area (Å²) in [5.41, 5.74) is 3.54. The zero-order chi connectivity index (χ0) is 23.7. The summed E-state index contributed by atoms with van der Waals surface area (Å²) in [5.74, 6) is -1.36. The summed E-state index contributed by atoms with van der Waals surface area (Å²) in [5, 5.41) is 21.7. The molecule has 0 radical (unpaired) electrons. The minimum atomic E-state index is -0.808. The number of phenols is 1. The van der Waals surface area contributed by atoms with Gasteiger partial charge in [0, 0.05) is 18.7 Å². The first-order valence-corrected chi connectivity index (χ1v) is 11.2. The summed E-state index contributed by atoms with van der Waals surface area (Å²) < 4.78 is 5.14. The number of methoxy groups -OCH3 is 1. The molecule has 2 aromatic carbocycles. The second-order valence-electron chi connectivity index (χ2n) is 8.92. The number of aliphatic hydroxyl groups is 1. The molecule has 0 aromatic heterocycles. The minimum absolute atomic E-state index is 0.0408. The molecule has 7 heteroatoms. The monoisotopic (exact) mass is 450 g/mol. The van der Waals surface area contributed by atoms with Crippen LogP contribution in [0.3, 0.4) is 0 Å². The van der Waals surface area contributed by atoms with E-state index in [1.54, 1.807) is 12.1 Å². The number of aliphatic hydroxyl groups excluding tert-OH is 1. The smallest absolute Gasteiger partial charge is 0.295 e. The Balaban J connectivity index is 1.84. The number of ketones is 1. The Bertz CT molecular complexity index is 1120. The van der Waals surface area contributed by atoms with Gasteiger partial charge in [-0.25, -0.2) is 0 Å². The largest absolute Gasteiger partial charge is 0.507 e. The molecule has 2 N–H and O–H groups in total. The topological polar surface area (TPSA) is 90.3 Å². The van der Waals surface area contributed by atoms with Crippen molar-refractivity contribution in [3.05, 3.63) is 64.2 Å². The molecule has 0 saturated carbocycles. The third-order valence-corrected chi connectivity index (χ3v) is 6.47. The van der Waals surface area contributed by atoms with Crippen LogP contribution in [0.2, 0.25) is 0 Å². The number of carbonyl (C=O) groups is 2. The second kappa shape index (κ2) is 9.27. The molecule has 4 rings (SSSR count). The van der Waals surface area contributed by atoms with E-state index in [1.165, 1.54) is 29.2 Å². The molecule has 1 aliphatic carbocycles. The van der Waals surface area contributed by atoms with E-state index in [2.05, 4.69) is 0 Å². The molecule has 1 heterocycles. The SMILES string of the molecule is COc1ccc(C2/C(=C(/O)c3ccc4c(c3)CCCC4)C(=O)C(=O)N2CCN(C)C)cc1O. The lowest BCUT2D eigenvalue weighted by Gasteiger charge is -2.27. The Kier molecular flexibility index (Phi) is 6.42. The lowest BCUT2D eigenvalue weighted by Crippen LogP contribution is -2.35. The third-order valence-electron chi connectivity index (χ3n) is 6.47. The number of aryl methyl sites for hydroxylation is 2. The quantitative estimate of drug-likeness (QED) is 0.399. The number of benzene rings is 2. The molecule has 2 aromatic rings. The van der Waals surface area contributed by atoms with E-state index in [0.29, 0.717) is 30.0 Å². The van der Waals surface area contributed by atoms with Crippen molar-refractivity contribution in [1.82, 2.24) is 9.80 Å². The van der Waals surface area contributed by atoms with Gasteiger partial charge in [-0.05, 0) is 74.7 Å². The van der Waals surface area contributed by atoms with Crippen LogP contribution in [0, 0.1) is 0 Å². The summed E-state index contributed by atoms with van der Waals surface area (Å²) >= 11 is 0. The van der Waals surface area contributed by atoms with Gasteiger partial charge in [0.1, 0.15) is 5.76 Å². The Hall–Kier alpha value is -3.32. The predicted molar refractivity (Wildman–Crippen MR) is 125 cm³/mol. The Labute approximate surface area is 193 Å². The first-order valence-electron chi connectivity index (χ1n) is 11.2. The number of hydrogen-bond donors (Lipinski definition) is 2. The maximum absolute atomic E-state index is 13.1. The van der Waals surface area contributed by atoms with Gasteiger partial charge >= 0.3 is 0 Å². The molecule has 1 unspecified atom stereocenters. The molecule has 7 nitrogen and oxygen atoms in total. The van der Waals surface area contributed by atoms with Crippen molar-refractivity contribution in [2.75, 3.05) is 34.3 Å². The van der Waals surface area contributed by atoms with Crippen LogP contribution < -0.4 is 4.74 Å². The fourth-order valence-electron chi connectivity index (χ4n) is 4.68. The van der Waals surface area contributed by atoms with Gasteiger partial charge in [-0.3, -0.25) is 9.59 Å². The average Bonchev–Trinajstić information content (AvgIpc) is 3.06. The van der Waals surface area contributed by atoms with Crippen molar-refractivity contribution in [1.29, 1.82) is 0 Å². The normalized spacial score (nSPS) is 19.8. The summed E-state index contributed by atoms with van der Waals surface area (Å²) in [6.07, 6.45) is 4.19. The van der Waals surface area contributed by atoms with Gasteiger partial charge in [-0.2, -0.15) is 0 Å². The number of ether oxygens (including phenoxy) is 1. The Morgan fingerprint density at radius 3 is 2.48 bits per heavy atom. The second-order valence-corrected chi connectivity index (χ2v) is 8.92. The average molecular weight is 451 g/mol. The lowest BCUT2D eigenvalue weighted by molar-refractivity contribution is -0.140. The van der Waals surface area contributed by atoms with Gasteiger partial charge in [-0.15, -0.1) is 0 Å². The zero-order valence-corrected chi connectivity index (χ0v) is 19.3. The van der Waals surface area contributed by atoms with Crippen molar-refractivity contribution >= 4 is 17.4 Å². The van der Waals surface area contributed by atoms with Gasteiger partial charge in [0.15, 0.2) is 11.5 Å². The van der Waals surface area contributed by atoms with Gasteiger partial charge in [0.2, 0.25) is 0 Å². The summed E-state index contributed by atoms with van der Waals surface area (Å²) in [6.45, 7) is 0.848. The molecule has 1 fully saturated rings. The number of fused-ring (bicyclic) bond motifs is 1. The summed E-state index contributed by atoms with van der Waals surface area (Å²) in [4.78, 5) is 29.5. The highest BCUT2D eigenvalue weighted by Gasteiger charge is 2.46. The molecule has 0 spiro atoms. The van der Waals surface area contributed by atoms with Gasteiger partial charge in [-0.1, -0.05) is 18.2 Å². The highest BCUT2D eigenvalue weighted by atomic mass is 16.5. The van der Waals surface area contributed by atoms with Crippen LogP contribution in [0.5, 0.6) is 11.5 Å². The van der Waals surface area contributed by atoms with Gasteiger partial charge in [0.25, 0.3) is 11.7 Å². The molecule has 2 aliphatic rings. The lowest BCUT2D eigenvalue weighted by atomic mass is 9.88. The van der Waals surface area contributed by atoms with E-state index in [-0.39, 0.29) is 17.1 Å². The molecule has 1 atom stereocenters. The molecule has 174 valence electrons. The first kappa shape index (κ1) is 22.9. The number of hydrogen-bond acceptors (Lipinski definition) is 6. The molecular weight excluding hydrogens is 420 g/mol. The van der Waals surface area contributed by atoms with E-state index in [9.17, 15) is 19.8 Å². The van der Waals surface area contributed by atoms with E-state index in [4.69, 9.17) is 4.74 Å². The van der Waals surface area contributed by atoms with Crippen molar-refractivity contribution in [3.63, 3.8) is 0 Å².